The van der Waals surface area contributed by atoms with Gasteiger partial charge >= 0.3 is 0 Å². The van der Waals surface area contributed by atoms with E-state index < -0.39 is 0 Å². The van der Waals surface area contributed by atoms with Crippen molar-refractivity contribution in [3.63, 3.8) is 0 Å². The van der Waals surface area contributed by atoms with Gasteiger partial charge in [-0.2, -0.15) is 0 Å². The van der Waals surface area contributed by atoms with Crippen LogP contribution in [0.4, 0.5) is 5.82 Å². The van der Waals surface area contributed by atoms with Crippen molar-refractivity contribution in [2.45, 2.75) is 6.92 Å². The first kappa shape index (κ1) is 15.1. The van der Waals surface area contributed by atoms with Crippen molar-refractivity contribution in [1.82, 2.24) is 24.4 Å². The molecule has 4 rings (SSSR count). The van der Waals surface area contributed by atoms with Crippen molar-refractivity contribution >= 4 is 17.0 Å². The van der Waals surface area contributed by atoms with Crippen LogP contribution in [0.25, 0.3) is 16.9 Å². The average Bonchev–Trinajstić information content (AvgIpc) is 2.95. The first-order valence-electron chi connectivity index (χ1n) is 8.39. The van der Waals surface area contributed by atoms with Gasteiger partial charge in [0.2, 0.25) is 0 Å². The number of nitrogens with zero attached hydrogens (tertiary/aromatic N) is 6. The monoisotopic (exact) mass is 322 g/mol. The molecule has 1 saturated heterocycles. The molecule has 1 aromatic carbocycles. The van der Waals surface area contributed by atoms with E-state index >= 15 is 0 Å². The standard InChI is InChI=1S/C18H22N6/c1-14-10-22(2)8-9-23(11-14)17-16-18(20-12-19-17)24(13-21-16)15-6-4-3-5-7-15/h3-7,12-14H,8-11H2,1-2H3. The summed E-state index contributed by atoms with van der Waals surface area (Å²) in [5.74, 6) is 1.54. The lowest BCUT2D eigenvalue weighted by molar-refractivity contribution is 0.321. The Morgan fingerprint density at radius 3 is 2.67 bits per heavy atom. The molecule has 1 fully saturated rings. The van der Waals surface area contributed by atoms with Gasteiger partial charge in [-0.1, -0.05) is 25.1 Å². The molecule has 3 heterocycles. The first-order chi connectivity index (χ1) is 11.7. The Morgan fingerprint density at radius 1 is 1.00 bits per heavy atom. The van der Waals surface area contributed by atoms with E-state index in [0.717, 1.165) is 48.8 Å². The molecule has 1 atom stereocenters. The smallest absolute Gasteiger partial charge is 0.170 e. The van der Waals surface area contributed by atoms with Crippen LogP contribution >= 0.6 is 0 Å². The highest BCUT2D eigenvalue weighted by Gasteiger charge is 2.22. The predicted octanol–water partition coefficient (Wildman–Crippen LogP) is 2.20. The van der Waals surface area contributed by atoms with Crippen LogP contribution in [0.2, 0.25) is 0 Å². The van der Waals surface area contributed by atoms with E-state index in [9.17, 15) is 0 Å². The molecule has 0 saturated carbocycles. The molecule has 0 aliphatic carbocycles. The highest BCUT2D eigenvalue weighted by Crippen LogP contribution is 2.25. The number of fused-ring (bicyclic) bond motifs is 1. The quantitative estimate of drug-likeness (QED) is 0.724. The van der Waals surface area contributed by atoms with Crippen LogP contribution in [0.3, 0.4) is 0 Å². The van der Waals surface area contributed by atoms with Gasteiger partial charge in [0.05, 0.1) is 0 Å². The fourth-order valence-electron chi connectivity index (χ4n) is 3.46. The van der Waals surface area contributed by atoms with E-state index in [1.54, 1.807) is 6.33 Å². The molecule has 0 N–H and O–H groups in total. The topological polar surface area (TPSA) is 50.1 Å². The summed E-state index contributed by atoms with van der Waals surface area (Å²) < 4.78 is 2.02. The van der Waals surface area contributed by atoms with Crippen molar-refractivity contribution in [1.29, 1.82) is 0 Å². The Kier molecular flexibility index (Phi) is 3.90. The summed E-state index contributed by atoms with van der Waals surface area (Å²) in [5, 5.41) is 0. The molecule has 0 radical (unpaired) electrons. The zero-order valence-electron chi connectivity index (χ0n) is 14.1. The zero-order chi connectivity index (χ0) is 16.5. The third-order valence-electron chi connectivity index (χ3n) is 4.56. The molecule has 1 aliphatic rings. The maximum Gasteiger partial charge on any atom is 0.170 e. The maximum atomic E-state index is 4.63. The fraction of sp³-hybridized carbons (Fsp3) is 0.389. The highest BCUT2D eigenvalue weighted by atomic mass is 15.3. The molecule has 3 aromatic rings. The number of rotatable bonds is 2. The summed E-state index contributed by atoms with van der Waals surface area (Å²) in [5.41, 5.74) is 2.79. The lowest BCUT2D eigenvalue weighted by atomic mass is 10.1. The minimum Gasteiger partial charge on any atom is -0.353 e. The number of anilines is 1. The number of para-hydroxylation sites is 1. The van der Waals surface area contributed by atoms with Gasteiger partial charge in [0.1, 0.15) is 12.7 Å². The molecule has 0 spiro atoms. The van der Waals surface area contributed by atoms with Crippen LogP contribution in [-0.2, 0) is 0 Å². The van der Waals surface area contributed by atoms with Crippen LogP contribution < -0.4 is 4.90 Å². The van der Waals surface area contributed by atoms with Gasteiger partial charge in [-0.25, -0.2) is 15.0 Å². The second kappa shape index (κ2) is 6.20. The number of imidazole rings is 1. The van der Waals surface area contributed by atoms with Crippen LogP contribution in [0.15, 0.2) is 43.0 Å². The summed E-state index contributed by atoms with van der Waals surface area (Å²) >= 11 is 0. The molecule has 0 amide bonds. The lowest BCUT2D eigenvalue weighted by Gasteiger charge is -2.23. The summed E-state index contributed by atoms with van der Waals surface area (Å²) in [6.07, 6.45) is 3.49. The molecule has 1 aliphatic heterocycles. The number of hydrogen-bond acceptors (Lipinski definition) is 5. The number of benzene rings is 1. The lowest BCUT2D eigenvalue weighted by Crippen LogP contribution is -2.30. The number of aromatic nitrogens is 4. The highest BCUT2D eigenvalue weighted by molar-refractivity contribution is 5.84. The van der Waals surface area contributed by atoms with Crippen molar-refractivity contribution < 1.29 is 0 Å². The minimum atomic E-state index is 0.596. The van der Waals surface area contributed by atoms with E-state index in [1.165, 1.54) is 0 Å². The molecule has 24 heavy (non-hydrogen) atoms. The molecular formula is C18H22N6. The van der Waals surface area contributed by atoms with Gasteiger partial charge < -0.3 is 9.80 Å². The SMILES string of the molecule is CC1CN(C)CCN(c2ncnc3c2ncn3-c2ccccc2)C1. The van der Waals surface area contributed by atoms with Gasteiger partial charge in [0, 0.05) is 31.9 Å². The van der Waals surface area contributed by atoms with E-state index in [-0.39, 0.29) is 0 Å². The largest absolute Gasteiger partial charge is 0.353 e. The summed E-state index contributed by atoms with van der Waals surface area (Å²) in [6, 6.07) is 10.2. The molecule has 124 valence electrons. The molecule has 1 unspecified atom stereocenters. The van der Waals surface area contributed by atoms with E-state index in [4.69, 9.17) is 0 Å². The predicted molar refractivity (Wildman–Crippen MR) is 95.5 cm³/mol. The van der Waals surface area contributed by atoms with Crippen LogP contribution in [-0.4, -0.2) is 57.6 Å². The van der Waals surface area contributed by atoms with E-state index in [0.29, 0.717) is 5.92 Å². The van der Waals surface area contributed by atoms with Crippen molar-refractivity contribution in [3.8, 4) is 5.69 Å². The van der Waals surface area contributed by atoms with Gasteiger partial charge in [-0.3, -0.25) is 4.57 Å². The Morgan fingerprint density at radius 2 is 1.83 bits per heavy atom. The van der Waals surface area contributed by atoms with Crippen LogP contribution in [0, 0.1) is 5.92 Å². The van der Waals surface area contributed by atoms with E-state index in [2.05, 4.69) is 50.9 Å². The molecule has 2 aromatic heterocycles. The number of hydrogen-bond donors (Lipinski definition) is 0. The minimum absolute atomic E-state index is 0.596. The van der Waals surface area contributed by atoms with Gasteiger partial charge in [-0.05, 0) is 25.1 Å². The van der Waals surface area contributed by atoms with Crippen molar-refractivity contribution in [2.75, 3.05) is 38.1 Å². The normalized spacial score (nSPS) is 19.6. The second-order valence-electron chi connectivity index (χ2n) is 6.63. The summed E-state index contributed by atoms with van der Waals surface area (Å²) in [7, 11) is 2.18. The Hall–Kier alpha value is -2.47. The molecule has 6 heteroatoms. The average molecular weight is 322 g/mol. The Labute approximate surface area is 141 Å². The second-order valence-corrected chi connectivity index (χ2v) is 6.63. The molecular weight excluding hydrogens is 300 g/mol. The Bertz CT molecular complexity index is 828. The third-order valence-corrected chi connectivity index (χ3v) is 4.56. The van der Waals surface area contributed by atoms with Gasteiger partial charge in [0.15, 0.2) is 17.0 Å². The van der Waals surface area contributed by atoms with E-state index in [1.807, 2.05) is 29.1 Å². The van der Waals surface area contributed by atoms with Crippen LogP contribution in [0.1, 0.15) is 6.92 Å². The fourth-order valence-corrected chi connectivity index (χ4v) is 3.46. The Balaban J connectivity index is 1.76. The summed E-state index contributed by atoms with van der Waals surface area (Å²) in [6.45, 7) is 6.40. The van der Waals surface area contributed by atoms with Gasteiger partial charge in [-0.15, -0.1) is 0 Å². The van der Waals surface area contributed by atoms with Crippen molar-refractivity contribution in [2.24, 2.45) is 5.92 Å². The zero-order valence-corrected chi connectivity index (χ0v) is 14.1. The van der Waals surface area contributed by atoms with Crippen molar-refractivity contribution in [3.05, 3.63) is 43.0 Å². The molecule has 0 bridgehead atoms. The molecule has 6 nitrogen and oxygen atoms in total. The third kappa shape index (κ3) is 2.73. The summed E-state index contributed by atoms with van der Waals surface area (Å²) in [4.78, 5) is 18.4. The van der Waals surface area contributed by atoms with Crippen LogP contribution in [0.5, 0.6) is 0 Å². The number of likely N-dealkylation sites (N-methyl/N-ethyl adjacent to an activating group) is 1. The van der Waals surface area contributed by atoms with Gasteiger partial charge in [0.25, 0.3) is 0 Å². The first-order valence-corrected chi connectivity index (χ1v) is 8.39. The maximum absolute atomic E-state index is 4.63.